The Morgan fingerprint density at radius 2 is 2.26 bits per heavy atom. The Kier molecular flexibility index (Phi) is 3.21. The third-order valence-electron chi connectivity index (χ3n) is 3.09. The molecule has 1 aliphatic heterocycles. The van der Waals surface area contributed by atoms with E-state index < -0.39 is 0 Å². The Balaban J connectivity index is 1.83. The van der Waals surface area contributed by atoms with Crippen LogP contribution in [-0.2, 0) is 6.42 Å². The molecule has 5 heteroatoms. The lowest BCUT2D eigenvalue weighted by Crippen LogP contribution is -2.12. The molecule has 0 spiro atoms. The molecule has 0 radical (unpaired) electrons. The monoisotopic (exact) mass is 317 g/mol. The van der Waals surface area contributed by atoms with E-state index in [0.717, 1.165) is 18.7 Å². The molecule has 1 aromatic heterocycles. The van der Waals surface area contributed by atoms with Crippen molar-refractivity contribution in [3.05, 3.63) is 52.3 Å². The van der Waals surface area contributed by atoms with E-state index in [-0.39, 0.29) is 5.91 Å². The first-order chi connectivity index (χ1) is 9.24. The quantitative estimate of drug-likeness (QED) is 0.837. The molecule has 4 nitrogen and oxygen atoms in total. The molecular weight excluding hydrogens is 306 g/mol. The van der Waals surface area contributed by atoms with Gasteiger partial charge in [-0.2, -0.15) is 0 Å². The molecule has 0 saturated heterocycles. The zero-order valence-corrected chi connectivity index (χ0v) is 11.7. The SMILES string of the molecule is O=C(Nc1cccnc1Br)c1ccc2c(c1)NCC2. The second-order valence-electron chi connectivity index (χ2n) is 4.34. The number of hydrogen-bond donors (Lipinski definition) is 2. The molecule has 0 fully saturated rings. The van der Waals surface area contributed by atoms with Gasteiger partial charge in [-0.3, -0.25) is 4.79 Å². The molecule has 0 bridgehead atoms. The maximum absolute atomic E-state index is 12.2. The molecule has 3 rings (SSSR count). The molecule has 96 valence electrons. The number of hydrogen-bond acceptors (Lipinski definition) is 3. The van der Waals surface area contributed by atoms with Crippen LogP contribution in [0.3, 0.4) is 0 Å². The Hall–Kier alpha value is -1.88. The summed E-state index contributed by atoms with van der Waals surface area (Å²) < 4.78 is 0.627. The second-order valence-corrected chi connectivity index (χ2v) is 5.10. The van der Waals surface area contributed by atoms with Crippen molar-refractivity contribution < 1.29 is 4.79 Å². The average Bonchev–Trinajstić information content (AvgIpc) is 2.88. The molecule has 19 heavy (non-hydrogen) atoms. The summed E-state index contributed by atoms with van der Waals surface area (Å²) in [6.45, 7) is 0.939. The number of anilines is 2. The van der Waals surface area contributed by atoms with Crippen molar-refractivity contribution in [2.45, 2.75) is 6.42 Å². The van der Waals surface area contributed by atoms with Crippen LogP contribution in [0.2, 0.25) is 0 Å². The summed E-state index contributed by atoms with van der Waals surface area (Å²) in [5.41, 5.74) is 3.63. The molecular formula is C14H12BrN3O. The van der Waals surface area contributed by atoms with Crippen LogP contribution in [0.15, 0.2) is 41.1 Å². The van der Waals surface area contributed by atoms with Crippen LogP contribution in [0, 0.1) is 0 Å². The maximum atomic E-state index is 12.2. The number of fused-ring (bicyclic) bond motifs is 1. The van der Waals surface area contributed by atoms with Gasteiger partial charge in [0, 0.05) is 24.0 Å². The van der Waals surface area contributed by atoms with Crippen LogP contribution in [0.5, 0.6) is 0 Å². The van der Waals surface area contributed by atoms with E-state index in [1.807, 2.05) is 18.2 Å². The smallest absolute Gasteiger partial charge is 0.255 e. The highest BCUT2D eigenvalue weighted by molar-refractivity contribution is 9.10. The molecule has 2 heterocycles. The predicted molar refractivity (Wildman–Crippen MR) is 78.5 cm³/mol. The lowest BCUT2D eigenvalue weighted by molar-refractivity contribution is 0.102. The van der Waals surface area contributed by atoms with Crippen molar-refractivity contribution in [3.8, 4) is 0 Å². The van der Waals surface area contributed by atoms with Crippen LogP contribution in [0.1, 0.15) is 15.9 Å². The highest BCUT2D eigenvalue weighted by atomic mass is 79.9. The third-order valence-corrected chi connectivity index (χ3v) is 3.72. The fourth-order valence-electron chi connectivity index (χ4n) is 2.11. The van der Waals surface area contributed by atoms with Crippen molar-refractivity contribution in [1.29, 1.82) is 0 Å². The first-order valence-corrected chi connectivity index (χ1v) is 6.82. The van der Waals surface area contributed by atoms with E-state index in [9.17, 15) is 4.79 Å². The normalized spacial score (nSPS) is 12.7. The van der Waals surface area contributed by atoms with E-state index >= 15 is 0 Å². The number of rotatable bonds is 2. The van der Waals surface area contributed by atoms with E-state index in [1.54, 1.807) is 18.3 Å². The minimum absolute atomic E-state index is 0.134. The average molecular weight is 318 g/mol. The van der Waals surface area contributed by atoms with Crippen LogP contribution >= 0.6 is 15.9 Å². The van der Waals surface area contributed by atoms with Crippen molar-refractivity contribution in [2.75, 3.05) is 17.2 Å². The van der Waals surface area contributed by atoms with Gasteiger partial charge >= 0.3 is 0 Å². The van der Waals surface area contributed by atoms with Crippen molar-refractivity contribution in [2.24, 2.45) is 0 Å². The van der Waals surface area contributed by atoms with Gasteiger partial charge in [0.15, 0.2) is 0 Å². The van der Waals surface area contributed by atoms with Crippen molar-refractivity contribution in [1.82, 2.24) is 4.98 Å². The standard InChI is InChI=1S/C14H12BrN3O/c15-13-11(2-1-6-17-13)18-14(19)10-4-3-9-5-7-16-12(9)8-10/h1-4,6,8,16H,5,7H2,(H,18,19). The number of pyridine rings is 1. The van der Waals surface area contributed by atoms with Gasteiger partial charge in [-0.15, -0.1) is 0 Å². The minimum Gasteiger partial charge on any atom is -0.384 e. The number of carbonyl (C=O) groups excluding carboxylic acids is 1. The second kappa shape index (κ2) is 5.01. The molecule has 2 N–H and O–H groups in total. The summed E-state index contributed by atoms with van der Waals surface area (Å²) in [6.07, 6.45) is 2.68. The lowest BCUT2D eigenvalue weighted by Gasteiger charge is -2.08. The number of benzene rings is 1. The molecule has 1 aromatic carbocycles. The molecule has 0 atom stereocenters. The minimum atomic E-state index is -0.134. The summed E-state index contributed by atoms with van der Waals surface area (Å²) >= 11 is 3.31. The topological polar surface area (TPSA) is 54.0 Å². The summed E-state index contributed by atoms with van der Waals surface area (Å²) in [5, 5.41) is 6.11. The first kappa shape index (κ1) is 12.2. The third kappa shape index (κ3) is 2.46. The first-order valence-electron chi connectivity index (χ1n) is 6.03. The van der Waals surface area contributed by atoms with Crippen LogP contribution in [-0.4, -0.2) is 17.4 Å². The number of carbonyl (C=O) groups is 1. The molecule has 1 aliphatic rings. The summed E-state index contributed by atoms with van der Waals surface area (Å²) in [6, 6.07) is 9.33. The Bertz CT molecular complexity index is 642. The van der Waals surface area contributed by atoms with Crippen LogP contribution in [0.4, 0.5) is 11.4 Å². The highest BCUT2D eigenvalue weighted by Crippen LogP contribution is 2.24. The molecule has 0 saturated carbocycles. The highest BCUT2D eigenvalue weighted by Gasteiger charge is 2.14. The fraction of sp³-hybridized carbons (Fsp3) is 0.143. The maximum Gasteiger partial charge on any atom is 0.255 e. The van der Waals surface area contributed by atoms with E-state index in [4.69, 9.17) is 0 Å². The van der Waals surface area contributed by atoms with Gasteiger partial charge in [-0.1, -0.05) is 6.07 Å². The zero-order chi connectivity index (χ0) is 13.2. The fourth-order valence-corrected chi connectivity index (χ4v) is 2.46. The lowest BCUT2D eigenvalue weighted by atomic mass is 10.1. The van der Waals surface area contributed by atoms with Gasteiger partial charge in [-0.25, -0.2) is 4.98 Å². The van der Waals surface area contributed by atoms with E-state index in [2.05, 4.69) is 31.5 Å². The Labute approximate surface area is 119 Å². The zero-order valence-electron chi connectivity index (χ0n) is 10.1. The van der Waals surface area contributed by atoms with Gasteiger partial charge in [0.2, 0.25) is 0 Å². The summed E-state index contributed by atoms with van der Waals surface area (Å²) in [7, 11) is 0. The van der Waals surface area contributed by atoms with Crippen molar-refractivity contribution >= 4 is 33.2 Å². The van der Waals surface area contributed by atoms with E-state index in [1.165, 1.54) is 5.56 Å². The van der Waals surface area contributed by atoms with Gasteiger partial charge in [0.1, 0.15) is 4.60 Å². The Morgan fingerprint density at radius 1 is 1.37 bits per heavy atom. The number of nitrogens with one attached hydrogen (secondary N) is 2. The summed E-state index contributed by atoms with van der Waals surface area (Å²) in [4.78, 5) is 16.3. The number of aromatic nitrogens is 1. The number of nitrogens with zero attached hydrogens (tertiary/aromatic N) is 1. The van der Waals surface area contributed by atoms with Gasteiger partial charge in [0.05, 0.1) is 5.69 Å². The van der Waals surface area contributed by atoms with Crippen LogP contribution < -0.4 is 10.6 Å². The molecule has 0 unspecified atom stereocenters. The largest absolute Gasteiger partial charge is 0.384 e. The van der Waals surface area contributed by atoms with Crippen LogP contribution in [0.25, 0.3) is 0 Å². The summed E-state index contributed by atoms with van der Waals surface area (Å²) in [5.74, 6) is -0.134. The molecule has 1 amide bonds. The van der Waals surface area contributed by atoms with Gasteiger partial charge in [-0.05, 0) is 52.2 Å². The van der Waals surface area contributed by atoms with Gasteiger partial charge < -0.3 is 10.6 Å². The van der Waals surface area contributed by atoms with Crippen molar-refractivity contribution in [3.63, 3.8) is 0 Å². The predicted octanol–water partition coefficient (Wildman–Crippen LogP) is 3.06. The molecule has 0 aliphatic carbocycles. The molecule has 2 aromatic rings. The number of amides is 1. The Morgan fingerprint density at radius 3 is 3.11 bits per heavy atom. The van der Waals surface area contributed by atoms with Gasteiger partial charge in [0.25, 0.3) is 5.91 Å². The van der Waals surface area contributed by atoms with E-state index in [0.29, 0.717) is 15.9 Å². The number of halogens is 1.